The van der Waals surface area contributed by atoms with Gasteiger partial charge in [0.25, 0.3) is 0 Å². The number of benzene rings is 15. The second-order valence-corrected chi connectivity index (χ2v) is 25.7. The van der Waals surface area contributed by atoms with Gasteiger partial charge in [-0.25, -0.2) is 15.0 Å². The van der Waals surface area contributed by atoms with Gasteiger partial charge in [0.1, 0.15) is 11.4 Å². The van der Waals surface area contributed by atoms with E-state index in [1.54, 1.807) is 0 Å². The molecule has 21 aromatic rings. The van der Waals surface area contributed by atoms with Crippen molar-refractivity contribution in [3.8, 4) is 68.0 Å². The highest BCUT2D eigenvalue weighted by molar-refractivity contribution is 6.26. The van der Waals surface area contributed by atoms with Crippen LogP contribution >= 0.6 is 0 Å². The summed E-state index contributed by atoms with van der Waals surface area (Å²) in [6.45, 7) is 0. The Kier molecular flexibility index (Phi) is 11.7. The van der Waals surface area contributed by atoms with Crippen LogP contribution in [0.2, 0.25) is 0 Å². The molecule has 0 radical (unpaired) electrons. The molecule has 0 atom stereocenters. The van der Waals surface area contributed by atoms with Crippen LogP contribution in [0.15, 0.2) is 334 Å². The molecule has 21 rings (SSSR count). The Morgan fingerprint density at radius 1 is 0.194 bits per heavy atom. The van der Waals surface area contributed by atoms with E-state index in [2.05, 4.69) is 346 Å². The molecule has 0 saturated carbocycles. The number of hydrogen-bond donors (Lipinski definition) is 0. The summed E-state index contributed by atoms with van der Waals surface area (Å²) in [4.78, 5) is 17.3. The Labute approximate surface area is 561 Å². The molecule has 0 saturated heterocycles. The second-order valence-electron chi connectivity index (χ2n) is 25.7. The zero-order valence-corrected chi connectivity index (χ0v) is 52.9. The number of rotatable bonds is 8. The standard InChI is InChI=1S/C91H55N7/c1-3-27-60(28-4-1)72-55-73(93-89(92-72)63-29-5-2-6-30-63)61-43-45-62(46-44-61)82-87(95-74-39-19-15-35-68(74)83-64-31-11-7-23-56(64)47-51-78(83)95)90(97-76-41-21-17-37-70(76)85-66-33-13-9-25-58(66)49-53-80(85)97)94-91(98-77-42-22-18-38-71(77)86-67-34-14-10-26-59(67)50-54-81(86)98)88(82)96-75-40-20-16-36-69(75)84-65-32-12-8-24-57(65)48-52-79(84)96/h1-55H. The SMILES string of the molecule is c1ccc(-c2cc(-c3ccc(-c4c(-n5c6ccccc6c6c7ccccc7ccc65)c(-n5c6ccccc6c6c7ccccc7ccc65)nc(-n5c6ccccc6c6c7ccccc7ccc65)c4-n4c5ccccc5c5c6ccccc6ccc54)cc3)nc(-c3ccccc3)n2)cc1. The zero-order chi connectivity index (χ0) is 64.1. The zero-order valence-electron chi connectivity index (χ0n) is 52.9. The van der Waals surface area contributed by atoms with Gasteiger partial charge in [-0.05, 0) is 103 Å². The molecule has 6 aromatic heterocycles. The third kappa shape index (κ3) is 7.89. The van der Waals surface area contributed by atoms with Crippen molar-refractivity contribution in [3.05, 3.63) is 334 Å². The minimum atomic E-state index is 0.662. The number of para-hydroxylation sites is 4. The van der Waals surface area contributed by atoms with Gasteiger partial charge in [-0.1, -0.05) is 279 Å². The van der Waals surface area contributed by atoms with Crippen molar-refractivity contribution in [2.24, 2.45) is 0 Å². The molecular formula is C91H55N7. The first-order valence-corrected chi connectivity index (χ1v) is 33.5. The number of aromatic nitrogens is 7. The quantitative estimate of drug-likeness (QED) is 0.152. The van der Waals surface area contributed by atoms with Crippen molar-refractivity contribution in [1.29, 1.82) is 0 Å². The van der Waals surface area contributed by atoms with E-state index < -0.39 is 0 Å². The summed E-state index contributed by atoms with van der Waals surface area (Å²) in [5.41, 5.74) is 16.8. The summed E-state index contributed by atoms with van der Waals surface area (Å²) in [6, 6.07) is 122. The van der Waals surface area contributed by atoms with E-state index >= 15 is 0 Å². The van der Waals surface area contributed by atoms with Crippen LogP contribution in [0.3, 0.4) is 0 Å². The predicted molar refractivity (Wildman–Crippen MR) is 409 cm³/mol. The molecule has 0 N–H and O–H groups in total. The molecule has 7 nitrogen and oxygen atoms in total. The fourth-order valence-corrected chi connectivity index (χ4v) is 16.3. The van der Waals surface area contributed by atoms with E-state index in [0.29, 0.717) is 5.82 Å². The third-order valence-corrected chi connectivity index (χ3v) is 20.5. The Balaban J connectivity index is 1.01. The van der Waals surface area contributed by atoms with Crippen LogP contribution in [0.1, 0.15) is 0 Å². The highest BCUT2D eigenvalue weighted by Crippen LogP contribution is 2.51. The van der Waals surface area contributed by atoms with E-state index in [-0.39, 0.29) is 0 Å². The molecule has 0 aliphatic carbocycles. The second kappa shape index (κ2) is 21.1. The van der Waals surface area contributed by atoms with Gasteiger partial charge in [-0.2, -0.15) is 0 Å². The average Bonchev–Trinajstić information content (AvgIpc) is 1.48. The van der Waals surface area contributed by atoms with Crippen LogP contribution in [0.5, 0.6) is 0 Å². The van der Waals surface area contributed by atoms with Gasteiger partial charge in [-0.3, -0.25) is 9.13 Å². The Morgan fingerprint density at radius 2 is 0.480 bits per heavy atom. The molecule has 7 heteroatoms. The van der Waals surface area contributed by atoms with Crippen LogP contribution in [0.4, 0.5) is 0 Å². The van der Waals surface area contributed by atoms with Crippen LogP contribution < -0.4 is 0 Å². The molecule has 6 heterocycles. The van der Waals surface area contributed by atoms with E-state index in [4.69, 9.17) is 15.0 Å². The summed E-state index contributed by atoms with van der Waals surface area (Å²) in [7, 11) is 0. The molecule has 0 bridgehead atoms. The number of fused-ring (bicyclic) bond motifs is 20. The molecule has 98 heavy (non-hydrogen) atoms. The van der Waals surface area contributed by atoms with Crippen LogP contribution in [-0.2, 0) is 0 Å². The molecule has 0 aliphatic rings. The van der Waals surface area contributed by atoms with Gasteiger partial charge in [0.15, 0.2) is 17.5 Å². The van der Waals surface area contributed by atoms with Gasteiger partial charge >= 0.3 is 0 Å². The highest BCUT2D eigenvalue weighted by Gasteiger charge is 2.34. The van der Waals surface area contributed by atoms with Crippen molar-refractivity contribution in [1.82, 2.24) is 33.2 Å². The van der Waals surface area contributed by atoms with E-state index in [9.17, 15) is 0 Å². The monoisotopic (exact) mass is 1250 g/mol. The predicted octanol–water partition coefficient (Wildman–Crippen LogP) is 23.5. The van der Waals surface area contributed by atoms with Crippen molar-refractivity contribution in [3.63, 3.8) is 0 Å². The van der Waals surface area contributed by atoms with Gasteiger partial charge in [0.2, 0.25) is 0 Å². The fraction of sp³-hybridized carbons (Fsp3) is 0. The summed E-state index contributed by atoms with van der Waals surface area (Å²) in [5, 5.41) is 18.7. The first-order chi connectivity index (χ1) is 48.7. The third-order valence-electron chi connectivity index (χ3n) is 20.5. The first kappa shape index (κ1) is 54.2. The number of hydrogen-bond acceptors (Lipinski definition) is 3. The molecule has 15 aromatic carbocycles. The molecule has 0 unspecified atom stereocenters. The lowest BCUT2D eigenvalue weighted by Gasteiger charge is -2.27. The van der Waals surface area contributed by atoms with Crippen LogP contribution in [0, 0.1) is 0 Å². The first-order valence-electron chi connectivity index (χ1n) is 33.5. The number of pyridine rings is 1. The van der Waals surface area contributed by atoms with Crippen molar-refractivity contribution < 1.29 is 0 Å². The lowest BCUT2D eigenvalue weighted by atomic mass is 9.97. The average molecular weight is 1250 g/mol. The maximum Gasteiger partial charge on any atom is 0.165 e. The Hall–Kier alpha value is -13.2. The van der Waals surface area contributed by atoms with Gasteiger partial charge in [0.05, 0.1) is 55.5 Å². The Bertz CT molecular complexity index is 6520. The lowest BCUT2D eigenvalue weighted by Crippen LogP contribution is -2.16. The number of nitrogens with zero attached hydrogens (tertiary/aromatic N) is 7. The molecular weight excluding hydrogens is 1190 g/mol. The summed E-state index contributed by atoms with van der Waals surface area (Å²) in [6.07, 6.45) is 0. The normalized spacial score (nSPS) is 12.1. The van der Waals surface area contributed by atoms with Crippen molar-refractivity contribution >= 4 is 130 Å². The molecule has 0 spiro atoms. The lowest BCUT2D eigenvalue weighted by molar-refractivity contribution is 0.961. The Morgan fingerprint density at radius 3 is 0.857 bits per heavy atom. The van der Waals surface area contributed by atoms with E-state index in [1.807, 2.05) is 6.07 Å². The molecule has 0 fully saturated rings. The van der Waals surface area contributed by atoms with Crippen LogP contribution in [-0.4, -0.2) is 33.2 Å². The topological polar surface area (TPSA) is 58.4 Å². The molecule has 0 aliphatic heterocycles. The summed E-state index contributed by atoms with van der Waals surface area (Å²) >= 11 is 0. The van der Waals surface area contributed by atoms with Crippen molar-refractivity contribution in [2.75, 3.05) is 0 Å². The maximum atomic E-state index is 6.68. The van der Waals surface area contributed by atoms with Gasteiger partial charge < -0.3 is 9.13 Å². The minimum absolute atomic E-state index is 0.662. The highest BCUT2D eigenvalue weighted by atomic mass is 15.2. The van der Waals surface area contributed by atoms with Crippen LogP contribution in [0.25, 0.3) is 198 Å². The summed E-state index contributed by atoms with van der Waals surface area (Å²) < 4.78 is 10.1. The van der Waals surface area contributed by atoms with Gasteiger partial charge in [0, 0.05) is 65.3 Å². The van der Waals surface area contributed by atoms with E-state index in [0.717, 1.165) is 128 Å². The maximum absolute atomic E-state index is 6.68. The minimum Gasteiger partial charge on any atom is -0.305 e. The van der Waals surface area contributed by atoms with E-state index in [1.165, 1.54) is 64.6 Å². The summed E-state index contributed by atoms with van der Waals surface area (Å²) in [5.74, 6) is 2.21. The fourth-order valence-electron chi connectivity index (χ4n) is 16.3. The molecule has 454 valence electrons. The van der Waals surface area contributed by atoms with Gasteiger partial charge in [-0.15, -0.1) is 0 Å². The van der Waals surface area contributed by atoms with Crippen molar-refractivity contribution in [2.45, 2.75) is 0 Å². The molecule has 0 amide bonds. The largest absolute Gasteiger partial charge is 0.305 e. The smallest absolute Gasteiger partial charge is 0.165 e.